The second-order valence-electron chi connectivity index (χ2n) is 3.95. The largest absolute Gasteiger partial charge is 0.417 e. The summed E-state index contributed by atoms with van der Waals surface area (Å²) in [6, 6.07) is 2.27. The van der Waals surface area contributed by atoms with Crippen molar-refractivity contribution in [2.45, 2.75) is 24.8 Å². The first-order chi connectivity index (χ1) is 8.30. The summed E-state index contributed by atoms with van der Waals surface area (Å²) in [5, 5.41) is 2.94. The number of aromatic nitrogens is 1. The Morgan fingerprint density at radius 1 is 1.44 bits per heavy atom. The van der Waals surface area contributed by atoms with Gasteiger partial charge in [-0.25, -0.2) is 4.98 Å². The van der Waals surface area contributed by atoms with Gasteiger partial charge < -0.3 is 5.32 Å². The van der Waals surface area contributed by atoms with Crippen LogP contribution in [0.3, 0.4) is 0 Å². The molecule has 0 spiro atoms. The molecule has 0 saturated heterocycles. The average Bonchev–Trinajstić information content (AvgIpc) is 2.28. The Morgan fingerprint density at radius 3 is 2.56 bits per heavy atom. The molecule has 2 atom stereocenters. The molecule has 0 amide bonds. The topological polar surface area (TPSA) is 42.0 Å². The molecule has 0 fully saturated rings. The predicted octanol–water partition coefficient (Wildman–Crippen LogP) is 2.67. The highest BCUT2D eigenvalue weighted by Gasteiger charge is 2.30. The van der Waals surface area contributed by atoms with Crippen LogP contribution in [0, 0.1) is 0 Å². The lowest BCUT2D eigenvalue weighted by Crippen LogP contribution is -2.15. The van der Waals surface area contributed by atoms with Crippen molar-refractivity contribution in [1.29, 1.82) is 0 Å². The lowest BCUT2D eigenvalue weighted by atomic mass is 10.2. The summed E-state index contributed by atoms with van der Waals surface area (Å²) in [5.74, 6) is 0.386. The van der Waals surface area contributed by atoms with Gasteiger partial charge in [0.1, 0.15) is 5.82 Å². The second-order valence-corrected chi connectivity index (χ2v) is 5.76. The summed E-state index contributed by atoms with van der Waals surface area (Å²) in [5.41, 5.74) is -0.768. The van der Waals surface area contributed by atoms with Crippen molar-refractivity contribution in [1.82, 2.24) is 4.98 Å². The van der Waals surface area contributed by atoms with Crippen LogP contribution in [0.1, 0.15) is 18.9 Å². The Bertz CT molecular complexity index is 406. The van der Waals surface area contributed by atoms with Crippen LogP contribution in [-0.4, -0.2) is 27.2 Å². The monoisotopic (exact) mass is 280 g/mol. The minimum atomic E-state index is -4.36. The molecule has 7 heteroatoms. The van der Waals surface area contributed by atoms with Crippen LogP contribution >= 0.6 is 0 Å². The maximum atomic E-state index is 12.3. The number of rotatable bonds is 5. The van der Waals surface area contributed by atoms with Gasteiger partial charge in [-0.15, -0.1) is 0 Å². The molecule has 3 nitrogen and oxygen atoms in total. The third kappa shape index (κ3) is 4.64. The summed E-state index contributed by atoms with van der Waals surface area (Å²) >= 11 is 0. The minimum Gasteiger partial charge on any atom is -0.370 e. The van der Waals surface area contributed by atoms with Gasteiger partial charge >= 0.3 is 6.18 Å². The zero-order valence-electron chi connectivity index (χ0n) is 10.1. The molecule has 0 aliphatic rings. The van der Waals surface area contributed by atoms with Gasteiger partial charge in [-0.1, -0.05) is 6.92 Å². The third-order valence-electron chi connectivity index (χ3n) is 2.51. The number of nitrogens with one attached hydrogen (secondary N) is 1. The number of halogens is 3. The molecule has 0 bridgehead atoms. The van der Waals surface area contributed by atoms with E-state index in [4.69, 9.17) is 0 Å². The Kier molecular flexibility index (Phi) is 5.13. The fourth-order valence-electron chi connectivity index (χ4n) is 1.24. The zero-order chi connectivity index (χ0) is 13.8. The second kappa shape index (κ2) is 6.17. The quantitative estimate of drug-likeness (QED) is 0.901. The molecule has 0 aliphatic heterocycles. The van der Waals surface area contributed by atoms with Crippen LogP contribution in [0.2, 0.25) is 0 Å². The summed E-state index contributed by atoms with van der Waals surface area (Å²) in [7, 11) is -0.893. The summed E-state index contributed by atoms with van der Waals surface area (Å²) in [6.07, 6.45) is -1.27. The van der Waals surface area contributed by atoms with Gasteiger partial charge in [-0.05, 0) is 18.6 Å². The van der Waals surface area contributed by atoms with Crippen molar-refractivity contribution >= 4 is 16.6 Å². The van der Waals surface area contributed by atoms with Crippen LogP contribution < -0.4 is 5.32 Å². The van der Waals surface area contributed by atoms with Crippen LogP contribution in [0.15, 0.2) is 18.3 Å². The predicted molar refractivity (Wildman–Crippen MR) is 65.9 cm³/mol. The Morgan fingerprint density at radius 2 is 2.11 bits per heavy atom. The molecule has 1 aromatic rings. The van der Waals surface area contributed by atoms with Crippen molar-refractivity contribution in [3.63, 3.8) is 0 Å². The first-order valence-corrected chi connectivity index (χ1v) is 7.02. The fraction of sp³-hybridized carbons (Fsp3) is 0.545. The van der Waals surface area contributed by atoms with Gasteiger partial charge in [0.25, 0.3) is 0 Å². The van der Waals surface area contributed by atoms with Gasteiger partial charge in [-0.3, -0.25) is 4.21 Å². The van der Waals surface area contributed by atoms with E-state index in [-0.39, 0.29) is 5.25 Å². The molecule has 2 unspecified atom stereocenters. The third-order valence-corrected chi connectivity index (χ3v) is 3.88. The van der Waals surface area contributed by atoms with E-state index < -0.39 is 22.5 Å². The molecule has 0 radical (unpaired) electrons. The van der Waals surface area contributed by atoms with E-state index in [1.807, 2.05) is 6.92 Å². The molecular weight excluding hydrogens is 265 g/mol. The van der Waals surface area contributed by atoms with E-state index in [9.17, 15) is 17.4 Å². The number of hydrogen-bond acceptors (Lipinski definition) is 3. The maximum Gasteiger partial charge on any atom is 0.417 e. The highest BCUT2D eigenvalue weighted by molar-refractivity contribution is 7.84. The zero-order valence-corrected chi connectivity index (χ0v) is 10.9. The lowest BCUT2D eigenvalue weighted by molar-refractivity contribution is -0.137. The number of alkyl halides is 3. The first-order valence-electron chi connectivity index (χ1n) is 5.40. The van der Waals surface area contributed by atoms with E-state index in [0.717, 1.165) is 12.3 Å². The standard InChI is InChI=1S/C11H15F3N2OS/c1-8(18(2)17)5-6-15-10-4-3-9(7-16-10)11(12,13)14/h3-4,7-8H,5-6H2,1-2H3,(H,15,16). The minimum absolute atomic E-state index is 0.0481. The van der Waals surface area contributed by atoms with Crippen molar-refractivity contribution in [2.24, 2.45) is 0 Å². The molecule has 1 aromatic heterocycles. The molecule has 18 heavy (non-hydrogen) atoms. The molecule has 0 saturated carbocycles. The molecule has 0 aliphatic carbocycles. The summed E-state index contributed by atoms with van der Waals surface area (Å²) in [4.78, 5) is 3.68. The number of hydrogen-bond donors (Lipinski definition) is 1. The average molecular weight is 280 g/mol. The van der Waals surface area contributed by atoms with Crippen molar-refractivity contribution in [3.05, 3.63) is 23.9 Å². The van der Waals surface area contributed by atoms with Crippen molar-refractivity contribution in [3.8, 4) is 0 Å². The normalized spacial score (nSPS) is 15.2. The molecule has 1 rings (SSSR count). The van der Waals surface area contributed by atoms with E-state index in [2.05, 4.69) is 10.3 Å². The van der Waals surface area contributed by atoms with Crippen molar-refractivity contribution < 1.29 is 17.4 Å². The Hall–Kier alpha value is -1.11. The lowest BCUT2D eigenvalue weighted by Gasteiger charge is -2.10. The van der Waals surface area contributed by atoms with E-state index in [0.29, 0.717) is 18.8 Å². The fourth-order valence-corrected chi connectivity index (χ4v) is 1.69. The van der Waals surface area contributed by atoms with E-state index in [1.165, 1.54) is 6.07 Å². The smallest absolute Gasteiger partial charge is 0.370 e. The van der Waals surface area contributed by atoms with Gasteiger partial charge in [0.2, 0.25) is 0 Å². The number of pyridine rings is 1. The molecule has 0 aromatic carbocycles. The van der Waals surface area contributed by atoms with Gasteiger partial charge in [0.15, 0.2) is 0 Å². The van der Waals surface area contributed by atoms with Crippen LogP contribution in [0.4, 0.5) is 19.0 Å². The SMILES string of the molecule is CC(CCNc1ccc(C(F)(F)F)cn1)S(C)=O. The molecular formula is C11H15F3N2OS. The number of nitrogens with zero attached hydrogens (tertiary/aromatic N) is 1. The maximum absolute atomic E-state index is 12.3. The van der Waals surface area contributed by atoms with E-state index >= 15 is 0 Å². The van der Waals surface area contributed by atoms with Gasteiger partial charge in [-0.2, -0.15) is 13.2 Å². The van der Waals surface area contributed by atoms with Gasteiger partial charge in [0.05, 0.1) is 5.56 Å². The molecule has 1 N–H and O–H groups in total. The van der Waals surface area contributed by atoms with E-state index in [1.54, 1.807) is 6.26 Å². The Balaban J connectivity index is 2.47. The van der Waals surface area contributed by atoms with Crippen LogP contribution in [-0.2, 0) is 17.0 Å². The molecule has 1 heterocycles. The number of anilines is 1. The Labute approximate surface area is 106 Å². The summed E-state index contributed by atoms with van der Waals surface area (Å²) < 4.78 is 47.9. The van der Waals surface area contributed by atoms with Crippen LogP contribution in [0.5, 0.6) is 0 Å². The van der Waals surface area contributed by atoms with Gasteiger partial charge in [0, 0.05) is 35.0 Å². The summed E-state index contributed by atoms with van der Waals surface area (Å²) in [6.45, 7) is 2.39. The molecule has 102 valence electrons. The highest BCUT2D eigenvalue weighted by atomic mass is 32.2. The highest BCUT2D eigenvalue weighted by Crippen LogP contribution is 2.28. The van der Waals surface area contributed by atoms with Crippen molar-refractivity contribution in [2.75, 3.05) is 18.1 Å². The van der Waals surface area contributed by atoms with Crippen LogP contribution in [0.25, 0.3) is 0 Å². The first kappa shape index (κ1) is 14.9.